The molecule has 2 heterocycles. The number of aromatic nitrogens is 2. The third-order valence-corrected chi connectivity index (χ3v) is 2.57. The minimum Gasteiger partial charge on any atom is -0.378 e. The van der Waals surface area contributed by atoms with Crippen LogP contribution in [0.5, 0.6) is 0 Å². The normalized spacial score (nSPS) is 16.5. The summed E-state index contributed by atoms with van der Waals surface area (Å²) in [5.41, 5.74) is 0.375. The van der Waals surface area contributed by atoms with Gasteiger partial charge in [0.1, 0.15) is 4.60 Å². The molecule has 1 fully saturated rings. The summed E-state index contributed by atoms with van der Waals surface area (Å²) in [4.78, 5) is 13.6. The summed E-state index contributed by atoms with van der Waals surface area (Å²) in [6, 6.07) is 3.37. The summed E-state index contributed by atoms with van der Waals surface area (Å²) in [6.07, 6.45) is 0. The Morgan fingerprint density at radius 3 is 2.67 bits per heavy atom. The lowest BCUT2D eigenvalue weighted by Gasteiger charge is -2.26. The molecular weight excluding hydrogens is 262 g/mol. The summed E-state index contributed by atoms with van der Waals surface area (Å²) in [7, 11) is 0. The highest BCUT2D eigenvalue weighted by atomic mass is 79.9. The van der Waals surface area contributed by atoms with E-state index in [1.54, 1.807) is 17.0 Å². The smallest absolute Gasteiger partial charge is 0.274 e. The summed E-state index contributed by atoms with van der Waals surface area (Å²) in [6.45, 7) is 2.43. The molecule has 0 radical (unpaired) electrons. The van der Waals surface area contributed by atoms with Crippen molar-refractivity contribution in [3.63, 3.8) is 0 Å². The molecular formula is C9H10BrN3O2. The van der Waals surface area contributed by atoms with Crippen LogP contribution in [0.3, 0.4) is 0 Å². The first-order valence-corrected chi connectivity index (χ1v) is 5.43. The third-order valence-electron chi connectivity index (χ3n) is 2.15. The Morgan fingerprint density at radius 2 is 2.07 bits per heavy atom. The van der Waals surface area contributed by atoms with Gasteiger partial charge in [-0.05, 0) is 28.1 Å². The number of carbonyl (C=O) groups is 1. The monoisotopic (exact) mass is 271 g/mol. The number of amides is 1. The molecule has 1 aliphatic heterocycles. The predicted octanol–water partition coefficient (Wildman–Crippen LogP) is 0.711. The molecule has 1 aromatic heterocycles. The molecule has 0 spiro atoms. The topological polar surface area (TPSA) is 55.3 Å². The molecule has 15 heavy (non-hydrogen) atoms. The first-order chi connectivity index (χ1) is 7.27. The molecule has 0 bridgehead atoms. The van der Waals surface area contributed by atoms with E-state index >= 15 is 0 Å². The summed E-state index contributed by atoms with van der Waals surface area (Å²) >= 11 is 3.17. The van der Waals surface area contributed by atoms with Gasteiger partial charge in [0.05, 0.1) is 13.2 Å². The van der Waals surface area contributed by atoms with Gasteiger partial charge in [0.15, 0.2) is 5.69 Å². The zero-order chi connectivity index (χ0) is 10.7. The van der Waals surface area contributed by atoms with Crippen molar-refractivity contribution in [3.8, 4) is 0 Å². The van der Waals surface area contributed by atoms with Crippen LogP contribution in [0.1, 0.15) is 10.5 Å². The van der Waals surface area contributed by atoms with Gasteiger partial charge in [0.2, 0.25) is 0 Å². The lowest BCUT2D eigenvalue weighted by atomic mass is 10.3. The number of ether oxygens (including phenoxy) is 1. The quantitative estimate of drug-likeness (QED) is 0.755. The Labute approximate surface area is 95.6 Å². The summed E-state index contributed by atoms with van der Waals surface area (Å²) < 4.78 is 5.79. The fraction of sp³-hybridized carbons (Fsp3) is 0.444. The highest BCUT2D eigenvalue weighted by Gasteiger charge is 2.19. The SMILES string of the molecule is O=C(c1ccc(Br)nn1)N1CCOCC1. The average molecular weight is 272 g/mol. The molecule has 0 atom stereocenters. The van der Waals surface area contributed by atoms with Crippen LogP contribution in [0.15, 0.2) is 16.7 Å². The van der Waals surface area contributed by atoms with E-state index in [1.165, 1.54) is 0 Å². The van der Waals surface area contributed by atoms with Crippen LogP contribution in [0.25, 0.3) is 0 Å². The van der Waals surface area contributed by atoms with Gasteiger partial charge in [-0.2, -0.15) is 0 Å². The first kappa shape index (κ1) is 10.5. The molecule has 5 nitrogen and oxygen atoms in total. The molecule has 6 heteroatoms. The molecule has 2 rings (SSSR count). The van der Waals surface area contributed by atoms with Crippen LogP contribution in [0, 0.1) is 0 Å². The number of nitrogens with zero attached hydrogens (tertiary/aromatic N) is 3. The minimum atomic E-state index is -0.0849. The average Bonchev–Trinajstić information content (AvgIpc) is 2.30. The zero-order valence-corrected chi connectivity index (χ0v) is 9.61. The largest absolute Gasteiger partial charge is 0.378 e. The van der Waals surface area contributed by atoms with E-state index < -0.39 is 0 Å². The fourth-order valence-corrected chi connectivity index (χ4v) is 1.57. The van der Waals surface area contributed by atoms with E-state index in [0.29, 0.717) is 36.6 Å². The fourth-order valence-electron chi connectivity index (χ4n) is 1.36. The number of rotatable bonds is 1. The van der Waals surface area contributed by atoms with Crippen LogP contribution < -0.4 is 0 Å². The van der Waals surface area contributed by atoms with Crippen LogP contribution in [-0.4, -0.2) is 47.3 Å². The number of morpholine rings is 1. The number of hydrogen-bond acceptors (Lipinski definition) is 4. The molecule has 0 aromatic carbocycles. The highest BCUT2D eigenvalue weighted by Crippen LogP contribution is 2.07. The van der Waals surface area contributed by atoms with Gasteiger partial charge in [-0.25, -0.2) is 0 Å². The maximum absolute atomic E-state index is 11.9. The molecule has 1 amide bonds. The van der Waals surface area contributed by atoms with Gasteiger partial charge in [0.25, 0.3) is 5.91 Å². The van der Waals surface area contributed by atoms with Gasteiger partial charge < -0.3 is 9.64 Å². The highest BCUT2D eigenvalue weighted by molar-refractivity contribution is 9.10. The van der Waals surface area contributed by atoms with Crippen LogP contribution in [0.2, 0.25) is 0 Å². The van der Waals surface area contributed by atoms with Crippen LogP contribution in [0.4, 0.5) is 0 Å². The predicted molar refractivity (Wildman–Crippen MR) is 56.5 cm³/mol. The van der Waals surface area contributed by atoms with Crippen molar-refractivity contribution in [2.24, 2.45) is 0 Å². The van der Waals surface area contributed by atoms with E-state index in [2.05, 4.69) is 26.1 Å². The maximum atomic E-state index is 11.9. The van der Waals surface area contributed by atoms with Crippen molar-refractivity contribution >= 4 is 21.8 Å². The molecule has 1 aliphatic rings. The van der Waals surface area contributed by atoms with Crippen molar-refractivity contribution in [1.82, 2.24) is 15.1 Å². The van der Waals surface area contributed by atoms with Crippen molar-refractivity contribution in [3.05, 3.63) is 22.4 Å². The van der Waals surface area contributed by atoms with Crippen molar-refractivity contribution in [1.29, 1.82) is 0 Å². The molecule has 0 unspecified atom stereocenters. The van der Waals surface area contributed by atoms with Gasteiger partial charge in [-0.1, -0.05) is 0 Å². The molecule has 0 N–H and O–H groups in total. The lowest BCUT2D eigenvalue weighted by molar-refractivity contribution is 0.0298. The van der Waals surface area contributed by atoms with E-state index in [-0.39, 0.29) is 5.91 Å². The Hall–Kier alpha value is -1.01. The standard InChI is InChI=1S/C9H10BrN3O2/c10-8-2-1-7(11-12-8)9(14)13-3-5-15-6-4-13/h1-2H,3-6H2. The van der Waals surface area contributed by atoms with Gasteiger partial charge in [0, 0.05) is 13.1 Å². The Balaban J connectivity index is 2.09. The number of carbonyl (C=O) groups excluding carboxylic acids is 1. The lowest BCUT2D eigenvalue weighted by Crippen LogP contribution is -2.41. The van der Waals surface area contributed by atoms with Gasteiger partial charge in [-0.15, -0.1) is 10.2 Å². The second kappa shape index (κ2) is 4.67. The van der Waals surface area contributed by atoms with Crippen molar-refractivity contribution in [2.45, 2.75) is 0 Å². The van der Waals surface area contributed by atoms with E-state index in [9.17, 15) is 4.79 Å². The molecule has 0 saturated carbocycles. The Kier molecular flexibility index (Phi) is 3.27. The maximum Gasteiger partial charge on any atom is 0.274 e. The van der Waals surface area contributed by atoms with Crippen molar-refractivity contribution in [2.75, 3.05) is 26.3 Å². The number of halogens is 1. The van der Waals surface area contributed by atoms with Gasteiger partial charge >= 0.3 is 0 Å². The second-order valence-electron chi connectivity index (χ2n) is 3.15. The van der Waals surface area contributed by atoms with Crippen LogP contribution >= 0.6 is 15.9 Å². The van der Waals surface area contributed by atoms with Crippen molar-refractivity contribution < 1.29 is 9.53 Å². The molecule has 1 aromatic rings. The molecule has 0 aliphatic carbocycles. The minimum absolute atomic E-state index is 0.0849. The number of hydrogen-bond donors (Lipinski definition) is 0. The molecule has 1 saturated heterocycles. The van der Waals surface area contributed by atoms with E-state index in [1.807, 2.05) is 0 Å². The summed E-state index contributed by atoms with van der Waals surface area (Å²) in [5, 5.41) is 7.61. The van der Waals surface area contributed by atoms with E-state index in [0.717, 1.165) is 0 Å². The van der Waals surface area contributed by atoms with E-state index in [4.69, 9.17) is 4.74 Å². The summed E-state index contributed by atoms with van der Waals surface area (Å²) in [5.74, 6) is -0.0849. The Bertz CT molecular complexity index is 349. The Morgan fingerprint density at radius 1 is 1.33 bits per heavy atom. The zero-order valence-electron chi connectivity index (χ0n) is 8.02. The van der Waals surface area contributed by atoms with Crippen LogP contribution in [-0.2, 0) is 4.74 Å². The molecule has 80 valence electrons. The second-order valence-corrected chi connectivity index (χ2v) is 3.96. The third kappa shape index (κ3) is 2.51. The van der Waals surface area contributed by atoms with Gasteiger partial charge in [-0.3, -0.25) is 4.79 Å². The first-order valence-electron chi connectivity index (χ1n) is 4.63.